The number of esters is 1. The number of methoxy groups -OCH3 is 1. The van der Waals surface area contributed by atoms with E-state index in [-0.39, 0.29) is 24.6 Å². The number of halogens is 1. The summed E-state index contributed by atoms with van der Waals surface area (Å²) in [5, 5.41) is 3.52. The quantitative estimate of drug-likeness (QED) is 0.797. The molecular formula is C17H16FNO4S. The van der Waals surface area contributed by atoms with Gasteiger partial charge in [-0.05, 0) is 23.6 Å². The molecule has 1 aliphatic rings. The third kappa shape index (κ3) is 3.26. The first-order chi connectivity index (χ1) is 11.6. The van der Waals surface area contributed by atoms with Gasteiger partial charge in [-0.3, -0.25) is 4.79 Å². The van der Waals surface area contributed by atoms with Crippen molar-refractivity contribution < 1.29 is 23.5 Å². The summed E-state index contributed by atoms with van der Waals surface area (Å²) >= 11 is 1.40. The number of rotatable bonds is 4. The monoisotopic (exact) mass is 349 g/mol. The number of nitrogens with zero attached hydrogens (tertiary/aromatic N) is 1. The number of benzene rings is 1. The molecule has 3 rings (SSSR count). The summed E-state index contributed by atoms with van der Waals surface area (Å²) < 4.78 is 24.2. The van der Waals surface area contributed by atoms with Crippen molar-refractivity contribution in [2.45, 2.75) is 18.6 Å². The molecule has 24 heavy (non-hydrogen) atoms. The Kier molecular flexibility index (Phi) is 4.80. The highest BCUT2D eigenvalue weighted by atomic mass is 32.1. The van der Waals surface area contributed by atoms with Gasteiger partial charge in [-0.2, -0.15) is 11.3 Å². The lowest BCUT2D eigenvalue weighted by atomic mass is 10.2. The summed E-state index contributed by atoms with van der Waals surface area (Å²) in [6.07, 6.45) is -0.217. The first kappa shape index (κ1) is 16.4. The van der Waals surface area contributed by atoms with Crippen LogP contribution < -0.4 is 4.74 Å². The largest absolute Gasteiger partial charge is 0.485 e. The van der Waals surface area contributed by atoms with E-state index in [0.717, 1.165) is 0 Å². The summed E-state index contributed by atoms with van der Waals surface area (Å²) in [5.41, 5.74) is 0.514. The van der Waals surface area contributed by atoms with E-state index in [1.165, 1.54) is 35.5 Å². The number of ether oxygens (including phenoxy) is 2. The molecular weight excluding hydrogens is 333 g/mol. The molecule has 0 aliphatic carbocycles. The molecule has 1 aliphatic heterocycles. The molecule has 0 N–H and O–H groups in total. The molecule has 0 unspecified atom stereocenters. The summed E-state index contributed by atoms with van der Waals surface area (Å²) in [7, 11) is 1.28. The first-order valence-corrected chi connectivity index (χ1v) is 8.36. The lowest BCUT2D eigenvalue weighted by Crippen LogP contribution is -2.41. The van der Waals surface area contributed by atoms with Crippen molar-refractivity contribution in [1.29, 1.82) is 0 Å². The second-order valence-corrected chi connectivity index (χ2v) is 6.19. The van der Waals surface area contributed by atoms with Crippen LogP contribution in [0.4, 0.5) is 4.39 Å². The number of carbonyl (C=O) groups is 2. The van der Waals surface area contributed by atoms with Gasteiger partial charge in [0, 0.05) is 11.8 Å². The van der Waals surface area contributed by atoms with Gasteiger partial charge in [-0.25, -0.2) is 9.18 Å². The maximum Gasteiger partial charge on any atom is 0.328 e. The van der Waals surface area contributed by atoms with Crippen LogP contribution in [-0.2, 0) is 9.53 Å². The van der Waals surface area contributed by atoms with Gasteiger partial charge in [0.05, 0.1) is 19.2 Å². The summed E-state index contributed by atoms with van der Waals surface area (Å²) in [6.45, 7) is 0.197. The number of carbonyl (C=O) groups excluding carboxylic acids is 2. The molecule has 7 heteroatoms. The lowest BCUT2D eigenvalue weighted by Gasteiger charge is -2.21. The van der Waals surface area contributed by atoms with Gasteiger partial charge in [0.1, 0.15) is 12.1 Å². The molecule has 0 bridgehead atoms. The Labute approximate surface area is 142 Å². The average molecular weight is 349 g/mol. The van der Waals surface area contributed by atoms with Crippen LogP contribution in [-0.4, -0.2) is 42.6 Å². The van der Waals surface area contributed by atoms with E-state index in [0.29, 0.717) is 5.56 Å². The molecule has 5 nitrogen and oxygen atoms in total. The van der Waals surface area contributed by atoms with Gasteiger partial charge in [-0.15, -0.1) is 0 Å². The maximum absolute atomic E-state index is 13.7. The molecule has 1 amide bonds. The van der Waals surface area contributed by atoms with Crippen molar-refractivity contribution >= 4 is 23.2 Å². The van der Waals surface area contributed by atoms with Crippen molar-refractivity contribution in [2.75, 3.05) is 13.7 Å². The molecule has 1 saturated heterocycles. The zero-order chi connectivity index (χ0) is 17.1. The fourth-order valence-corrected chi connectivity index (χ4v) is 3.37. The van der Waals surface area contributed by atoms with E-state index in [2.05, 4.69) is 0 Å². The van der Waals surface area contributed by atoms with Gasteiger partial charge < -0.3 is 14.4 Å². The van der Waals surface area contributed by atoms with Gasteiger partial charge in [-0.1, -0.05) is 12.1 Å². The van der Waals surface area contributed by atoms with E-state index in [1.54, 1.807) is 29.0 Å². The van der Waals surface area contributed by atoms with E-state index < -0.39 is 23.9 Å². The number of amides is 1. The van der Waals surface area contributed by atoms with Gasteiger partial charge in [0.25, 0.3) is 5.91 Å². The molecule has 1 aromatic heterocycles. The van der Waals surface area contributed by atoms with Crippen molar-refractivity contribution in [1.82, 2.24) is 4.90 Å². The van der Waals surface area contributed by atoms with Crippen LogP contribution >= 0.6 is 11.3 Å². The standard InChI is InChI=1S/C17H16FNO4S/c1-22-17(21)14-8-12(23-15-5-3-2-4-13(15)18)9-19(14)16(20)11-6-7-24-10-11/h2-7,10,12,14H,8-9H2,1H3/t12-,14+/m0/s1. The van der Waals surface area contributed by atoms with Crippen LogP contribution in [0.5, 0.6) is 5.75 Å². The zero-order valence-corrected chi connectivity index (χ0v) is 13.8. The number of thiophene rings is 1. The highest BCUT2D eigenvalue weighted by Gasteiger charge is 2.42. The molecule has 0 radical (unpaired) electrons. The third-order valence-electron chi connectivity index (χ3n) is 3.90. The third-order valence-corrected chi connectivity index (χ3v) is 4.58. The minimum Gasteiger partial charge on any atom is -0.485 e. The van der Waals surface area contributed by atoms with Crippen molar-refractivity contribution in [3.05, 3.63) is 52.5 Å². The summed E-state index contributed by atoms with van der Waals surface area (Å²) in [5.74, 6) is -1.13. The predicted molar refractivity (Wildman–Crippen MR) is 86.6 cm³/mol. The van der Waals surface area contributed by atoms with Crippen molar-refractivity contribution in [2.24, 2.45) is 0 Å². The highest BCUT2D eigenvalue weighted by molar-refractivity contribution is 7.08. The Hall–Kier alpha value is -2.41. The Morgan fingerprint density at radius 2 is 2.08 bits per heavy atom. The minimum absolute atomic E-state index is 0.107. The van der Waals surface area contributed by atoms with Crippen LogP contribution in [0.2, 0.25) is 0 Å². The van der Waals surface area contributed by atoms with Gasteiger partial charge >= 0.3 is 5.97 Å². The van der Waals surface area contributed by atoms with Crippen LogP contribution in [0, 0.1) is 5.82 Å². The van der Waals surface area contributed by atoms with E-state index >= 15 is 0 Å². The minimum atomic E-state index is -0.737. The molecule has 2 heterocycles. The van der Waals surface area contributed by atoms with Crippen molar-refractivity contribution in [3.8, 4) is 5.75 Å². The van der Waals surface area contributed by atoms with Crippen LogP contribution in [0.15, 0.2) is 41.1 Å². The highest BCUT2D eigenvalue weighted by Crippen LogP contribution is 2.27. The maximum atomic E-state index is 13.7. The molecule has 2 aromatic rings. The van der Waals surface area contributed by atoms with Crippen LogP contribution in [0.25, 0.3) is 0 Å². The SMILES string of the molecule is COC(=O)[C@H]1C[C@H](Oc2ccccc2F)CN1C(=O)c1ccsc1. The number of hydrogen-bond acceptors (Lipinski definition) is 5. The Bertz CT molecular complexity index is 734. The number of para-hydroxylation sites is 1. The van der Waals surface area contributed by atoms with Crippen LogP contribution in [0.3, 0.4) is 0 Å². The fraction of sp³-hybridized carbons (Fsp3) is 0.294. The lowest BCUT2D eigenvalue weighted by molar-refractivity contribution is -0.145. The number of hydrogen-bond donors (Lipinski definition) is 0. The normalized spacial score (nSPS) is 20.0. The average Bonchev–Trinajstić information content (AvgIpc) is 3.25. The van der Waals surface area contributed by atoms with E-state index in [9.17, 15) is 14.0 Å². The Morgan fingerprint density at radius 3 is 2.75 bits per heavy atom. The number of likely N-dealkylation sites (tertiary alicyclic amines) is 1. The van der Waals surface area contributed by atoms with Gasteiger partial charge in [0.15, 0.2) is 11.6 Å². The smallest absolute Gasteiger partial charge is 0.328 e. The molecule has 126 valence electrons. The summed E-state index contributed by atoms with van der Waals surface area (Å²) in [4.78, 5) is 26.0. The van der Waals surface area contributed by atoms with E-state index in [4.69, 9.17) is 9.47 Å². The second-order valence-electron chi connectivity index (χ2n) is 5.41. The van der Waals surface area contributed by atoms with E-state index in [1.807, 2.05) is 0 Å². The molecule has 2 atom stereocenters. The molecule has 1 aromatic carbocycles. The zero-order valence-electron chi connectivity index (χ0n) is 13.0. The van der Waals surface area contributed by atoms with Gasteiger partial charge in [0.2, 0.25) is 0 Å². The predicted octanol–water partition coefficient (Wildman–Crippen LogP) is 2.72. The molecule has 0 saturated carbocycles. The Morgan fingerprint density at radius 1 is 1.29 bits per heavy atom. The Balaban J connectivity index is 1.79. The topological polar surface area (TPSA) is 55.8 Å². The first-order valence-electron chi connectivity index (χ1n) is 7.42. The fourth-order valence-electron chi connectivity index (χ4n) is 2.74. The van der Waals surface area contributed by atoms with Crippen LogP contribution in [0.1, 0.15) is 16.8 Å². The van der Waals surface area contributed by atoms with Crippen molar-refractivity contribution in [3.63, 3.8) is 0 Å². The summed E-state index contributed by atoms with van der Waals surface area (Å²) in [6, 6.07) is 7.02. The molecule has 1 fully saturated rings. The second kappa shape index (κ2) is 7.00. The molecule has 0 spiro atoms.